The minimum absolute atomic E-state index is 0. The molecule has 0 aliphatic heterocycles. The van der Waals surface area contributed by atoms with E-state index < -0.39 is 42.3 Å². The van der Waals surface area contributed by atoms with Gasteiger partial charge in [0.2, 0.25) is 0 Å². The van der Waals surface area contributed by atoms with Gasteiger partial charge in [0, 0.05) is 55.4 Å². The summed E-state index contributed by atoms with van der Waals surface area (Å²) in [5, 5.41) is 4.52. The molecular weight excluding hydrogens is 995 g/mol. The molecule has 0 N–H and O–H groups in total. The Morgan fingerprint density at radius 3 is 1.07 bits per heavy atom. The van der Waals surface area contributed by atoms with Gasteiger partial charge in [-0.05, 0) is 24.3 Å². The van der Waals surface area contributed by atoms with E-state index in [0.29, 0.717) is 0 Å². The van der Waals surface area contributed by atoms with Gasteiger partial charge in [0.05, 0.1) is 29.1 Å². The zero-order valence-corrected chi connectivity index (χ0v) is 30.0. The van der Waals surface area contributed by atoms with E-state index in [1.165, 1.54) is 10.6 Å². The Balaban J connectivity index is 0.000000328. The number of halogens is 6. The molecule has 5 aromatic rings. The van der Waals surface area contributed by atoms with Crippen LogP contribution in [0.25, 0.3) is 0 Å². The molecule has 5 rings (SSSR count). The van der Waals surface area contributed by atoms with Crippen molar-refractivity contribution in [3.05, 3.63) is 183 Å². The molecule has 0 fully saturated rings. The molecule has 0 saturated carbocycles. The number of hydrogen-bond acceptors (Lipinski definition) is 0. The molecule has 2 radical (unpaired) electrons. The third-order valence-electron chi connectivity index (χ3n) is 6.19. The third kappa shape index (κ3) is 10.2. The second kappa shape index (κ2) is 17.3. The van der Waals surface area contributed by atoms with Gasteiger partial charge in [-0.1, -0.05) is 36.4 Å². The predicted molar refractivity (Wildman–Crippen MR) is 170 cm³/mol. The molecule has 0 bridgehead atoms. The molecule has 0 aliphatic carbocycles. The number of benzene rings is 5. The van der Waals surface area contributed by atoms with Gasteiger partial charge in [-0.25, -0.2) is 13.2 Å². The van der Waals surface area contributed by atoms with Crippen molar-refractivity contribution in [3.8, 4) is 0 Å². The topological polar surface area (TPSA) is 0 Å². The molecule has 0 saturated heterocycles. The van der Waals surface area contributed by atoms with Crippen molar-refractivity contribution in [1.82, 2.24) is 0 Å². The fourth-order valence-electron chi connectivity index (χ4n) is 3.76. The first-order chi connectivity index (χ1) is 19.7. The second-order valence-corrected chi connectivity index (χ2v) is 18.6. The summed E-state index contributed by atoms with van der Waals surface area (Å²) in [4.78, 5) is 0. The summed E-state index contributed by atoms with van der Waals surface area (Å²) in [6.45, 7) is 17.1. The summed E-state index contributed by atoms with van der Waals surface area (Å²) < 4.78 is 59.9. The van der Waals surface area contributed by atoms with Crippen molar-refractivity contribution in [2.75, 3.05) is 0 Å². The van der Waals surface area contributed by atoms with E-state index in [-0.39, 0.29) is 44.8 Å². The first-order valence-electron chi connectivity index (χ1n) is 12.4. The van der Waals surface area contributed by atoms with Crippen molar-refractivity contribution in [1.29, 1.82) is 0 Å². The van der Waals surface area contributed by atoms with Gasteiger partial charge in [-0.15, -0.1) is 6.07 Å². The van der Waals surface area contributed by atoms with Crippen molar-refractivity contribution in [2.24, 2.45) is 0 Å². The standard InChI is InChI=1S/C14H14ClP.C14H14P.C6F5.2Au/c1-16(2,15,13-9-5-3-6-10-13)14-11-7-4-8-12-14;1-15(2,13-9-5-3-6-10-13)14-11-7-4-8-12-14;7-2-1-3(8)5(10)6(11)4(2)9;;/h3-12H,1-2H2;3-12H,1-2H2;;;/q-2;2*-1;;. The molecular formula is C34H28Au2ClF5P2-4. The van der Waals surface area contributed by atoms with E-state index in [1.54, 1.807) is 0 Å². The van der Waals surface area contributed by atoms with Gasteiger partial charge >= 0.3 is 102 Å². The van der Waals surface area contributed by atoms with Gasteiger partial charge in [-0.2, -0.15) is 20.6 Å². The van der Waals surface area contributed by atoms with Crippen LogP contribution >= 0.6 is 24.5 Å². The van der Waals surface area contributed by atoms with Crippen molar-refractivity contribution in [3.63, 3.8) is 0 Å². The molecule has 0 heterocycles. The van der Waals surface area contributed by atoms with Crippen LogP contribution in [0.2, 0.25) is 0 Å². The third-order valence-corrected chi connectivity index (χ3v) is 12.9. The average molecular weight is 1020 g/mol. The van der Waals surface area contributed by atoms with Crippen LogP contribution in [0, 0.1) is 61.8 Å². The Hall–Kier alpha value is -1.62. The Kier molecular flexibility index (Phi) is 15.9. The van der Waals surface area contributed by atoms with Crippen molar-refractivity contribution in [2.45, 2.75) is 0 Å². The van der Waals surface area contributed by atoms with Gasteiger partial charge < -0.3 is 0 Å². The van der Waals surface area contributed by atoms with Crippen LogP contribution in [0.1, 0.15) is 0 Å². The van der Waals surface area contributed by atoms with E-state index in [9.17, 15) is 22.0 Å². The molecule has 0 amide bonds. The smallest absolute Gasteiger partial charge is 0.0408 e. The Bertz CT molecular complexity index is 1470. The van der Waals surface area contributed by atoms with Crippen LogP contribution in [0.4, 0.5) is 22.0 Å². The largest absolute Gasteiger partial charge is 0.199 e. The normalized spacial score (nSPS) is 11.5. The molecule has 0 unspecified atom stereocenters. The van der Waals surface area contributed by atoms with E-state index in [2.05, 4.69) is 50.9 Å². The molecule has 5 aromatic carbocycles. The molecule has 0 nitrogen and oxygen atoms in total. The van der Waals surface area contributed by atoms with E-state index in [0.717, 1.165) is 16.7 Å². The summed E-state index contributed by atoms with van der Waals surface area (Å²) in [5.74, 6) is -13.0. The Labute approximate surface area is 293 Å². The SMILES string of the molecule is Fc1[c-]c(F)c(F)c(F)c1F.[Au].[Au].[CH2-]P([CH2-])(Cl)(c1ccccc1)c1ccccc1.[CH2-][P+]([CH2-])(c1ccccc1)c1ccccc1. The molecule has 0 spiro atoms. The summed E-state index contributed by atoms with van der Waals surface area (Å²) in [7, 11) is -1.65. The van der Waals surface area contributed by atoms with E-state index >= 15 is 0 Å². The molecule has 10 heteroatoms. The summed E-state index contributed by atoms with van der Waals surface area (Å²) in [6.07, 6.45) is 0. The maximum atomic E-state index is 12.0. The maximum Gasteiger partial charge on any atom is 0.0408 e. The monoisotopic (exact) mass is 1020 g/mol. The fraction of sp³-hybridized carbons (Fsp3) is 0. The molecule has 242 valence electrons. The quantitative estimate of drug-likeness (QED) is 0.0421. The summed E-state index contributed by atoms with van der Waals surface area (Å²) in [6, 6.07) is 41.5. The van der Waals surface area contributed by atoms with Crippen LogP contribution < -0.4 is 21.2 Å². The van der Waals surface area contributed by atoms with Crippen molar-refractivity contribution < 1.29 is 66.7 Å². The molecule has 0 aromatic heterocycles. The minimum atomic E-state index is -2.96. The van der Waals surface area contributed by atoms with Crippen LogP contribution in [0.3, 0.4) is 0 Å². The van der Waals surface area contributed by atoms with Crippen molar-refractivity contribution >= 4 is 45.7 Å². The maximum absolute atomic E-state index is 12.0. The van der Waals surface area contributed by atoms with E-state index in [4.69, 9.17) is 11.2 Å². The summed E-state index contributed by atoms with van der Waals surface area (Å²) in [5.41, 5.74) is 0. The van der Waals surface area contributed by atoms with Crippen LogP contribution in [0.15, 0.2) is 121 Å². The van der Waals surface area contributed by atoms with Gasteiger partial charge in [-0.3, -0.25) is 8.78 Å². The van der Waals surface area contributed by atoms with E-state index in [1.807, 2.05) is 97.1 Å². The zero-order valence-electron chi connectivity index (χ0n) is 23.1. The molecule has 0 atom stereocenters. The van der Waals surface area contributed by atoms with Gasteiger partial charge in [0.1, 0.15) is 0 Å². The second-order valence-electron chi connectivity index (χ2n) is 9.38. The average Bonchev–Trinajstić information content (AvgIpc) is 3.01. The number of hydrogen-bond donors (Lipinski definition) is 0. The Morgan fingerprint density at radius 2 is 0.773 bits per heavy atom. The zero-order chi connectivity index (χ0) is 31.0. The van der Waals surface area contributed by atoms with Crippen LogP contribution in [0.5, 0.6) is 0 Å². The Morgan fingerprint density at radius 1 is 0.500 bits per heavy atom. The number of rotatable bonds is 4. The van der Waals surface area contributed by atoms with Gasteiger partial charge in [0.25, 0.3) is 0 Å². The fourth-order valence-corrected chi connectivity index (χ4v) is 8.23. The van der Waals surface area contributed by atoms with Crippen LogP contribution in [-0.2, 0) is 44.8 Å². The first kappa shape index (κ1) is 40.4. The molecule has 44 heavy (non-hydrogen) atoms. The van der Waals surface area contributed by atoms with Crippen LogP contribution in [-0.4, -0.2) is 0 Å². The first-order valence-corrected chi connectivity index (χ1v) is 18.1. The van der Waals surface area contributed by atoms with Gasteiger partial charge in [0.15, 0.2) is 0 Å². The summed E-state index contributed by atoms with van der Waals surface area (Å²) >= 11 is 6.75. The predicted octanol–water partition coefficient (Wildman–Crippen LogP) is 9.34. The minimum Gasteiger partial charge on any atom is -0.199 e. The molecule has 0 aliphatic rings.